The van der Waals surface area contributed by atoms with Crippen molar-refractivity contribution in [2.75, 3.05) is 11.4 Å². The maximum atomic E-state index is 12.6. The van der Waals surface area contributed by atoms with E-state index >= 15 is 0 Å². The number of anilines is 1. The second kappa shape index (κ2) is 6.10. The molecule has 0 radical (unpaired) electrons. The van der Waals surface area contributed by atoms with E-state index in [0.717, 1.165) is 4.88 Å². The molecule has 0 spiro atoms. The van der Waals surface area contributed by atoms with Crippen molar-refractivity contribution >= 4 is 40.5 Å². The number of hydrogen-bond acceptors (Lipinski definition) is 3. The summed E-state index contributed by atoms with van der Waals surface area (Å²) in [5, 5.41) is 9.33. The zero-order chi connectivity index (χ0) is 15.7. The van der Waals surface area contributed by atoms with Gasteiger partial charge in [0.15, 0.2) is 0 Å². The van der Waals surface area contributed by atoms with E-state index in [0.29, 0.717) is 28.6 Å². The second-order valence-corrected chi connectivity index (χ2v) is 6.97. The van der Waals surface area contributed by atoms with E-state index in [9.17, 15) is 14.7 Å². The molecule has 4 nitrogen and oxygen atoms in total. The largest absolute Gasteiger partial charge is 0.481 e. The first-order chi connectivity index (χ1) is 10.6. The molecular weight excluding hydrogens is 322 g/mol. The number of aliphatic carboxylic acids is 1. The Morgan fingerprint density at radius 1 is 1.27 bits per heavy atom. The van der Waals surface area contributed by atoms with Gasteiger partial charge in [-0.2, -0.15) is 0 Å². The molecule has 1 N–H and O–H groups in total. The van der Waals surface area contributed by atoms with Crippen LogP contribution in [0, 0.1) is 0 Å². The Labute approximate surface area is 136 Å². The van der Waals surface area contributed by atoms with E-state index in [4.69, 9.17) is 11.6 Å². The summed E-state index contributed by atoms with van der Waals surface area (Å²) in [6.45, 7) is 0.423. The van der Waals surface area contributed by atoms with E-state index in [1.54, 1.807) is 17.0 Å². The molecule has 1 unspecified atom stereocenters. The summed E-state index contributed by atoms with van der Waals surface area (Å²) < 4.78 is 0.660. The lowest BCUT2D eigenvalue weighted by Crippen LogP contribution is -2.38. The normalized spacial score (nSPS) is 17.1. The van der Waals surface area contributed by atoms with Crippen molar-refractivity contribution in [1.29, 1.82) is 0 Å². The topological polar surface area (TPSA) is 57.6 Å². The highest BCUT2D eigenvalue weighted by molar-refractivity contribution is 7.16. The van der Waals surface area contributed by atoms with Crippen LogP contribution in [0.15, 0.2) is 36.4 Å². The second-order valence-electron chi connectivity index (χ2n) is 5.17. The summed E-state index contributed by atoms with van der Waals surface area (Å²) in [6.07, 6.45) is 0.715. The van der Waals surface area contributed by atoms with Crippen molar-refractivity contribution in [3.63, 3.8) is 0 Å². The van der Waals surface area contributed by atoms with Crippen molar-refractivity contribution in [3.05, 3.63) is 51.2 Å². The van der Waals surface area contributed by atoms with Gasteiger partial charge in [-0.05, 0) is 30.2 Å². The van der Waals surface area contributed by atoms with Crippen LogP contribution in [-0.2, 0) is 16.0 Å². The minimum absolute atomic E-state index is 0.0326. The number of para-hydroxylation sites is 1. The molecule has 6 heteroatoms. The first-order valence-electron chi connectivity index (χ1n) is 6.92. The number of nitrogens with zero attached hydrogens (tertiary/aromatic N) is 1. The summed E-state index contributed by atoms with van der Waals surface area (Å²) in [5.74, 6) is -1.42. The van der Waals surface area contributed by atoms with E-state index in [2.05, 4.69) is 0 Å². The summed E-state index contributed by atoms with van der Waals surface area (Å²) in [7, 11) is 0. The average molecular weight is 336 g/mol. The van der Waals surface area contributed by atoms with Gasteiger partial charge in [0.2, 0.25) is 5.91 Å². The molecule has 1 aliphatic heterocycles. The minimum Gasteiger partial charge on any atom is -0.481 e. The molecule has 1 aromatic carbocycles. The Kier molecular flexibility index (Phi) is 4.18. The van der Waals surface area contributed by atoms with Crippen LogP contribution in [0.4, 0.5) is 5.69 Å². The van der Waals surface area contributed by atoms with Gasteiger partial charge in [-0.3, -0.25) is 9.59 Å². The lowest BCUT2D eigenvalue weighted by atomic mass is 9.90. The lowest BCUT2D eigenvalue weighted by molar-refractivity contribution is -0.139. The van der Waals surface area contributed by atoms with Crippen LogP contribution < -0.4 is 4.90 Å². The highest BCUT2D eigenvalue weighted by Crippen LogP contribution is 2.36. The van der Waals surface area contributed by atoms with E-state index in [1.807, 2.05) is 24.3 Å². The molecular formula is C16H14ClNO3S. The number of benzene rings is 1. The Hall–Kier alpha value is -1.85. The Balaban J connectivity index is 1.87. The molecule has 22 heavy (non-hydrogen) atoms. The van der Waals surface area contributed by atoms with Crippen LogP contribution >= 0.6 is 22.9 Å². The van der Waals surface area contributed by atoms with Gasteiger partial charge in [0.1, 0.15) is 0 Å². The Bertz CT molecular complexity index is 728. The smallest absolute Gasteiger partial charge is 0.311 e. The number of fused-ring (bicyclic) bond motifs is 1. The fraction of sp³-hybridized carbons (Fsp3) is 0.250. The molecule has 3 rings (SSSR count). The molecule has 0 bridgehead atoms. The van der Waals surface area contributed by atoms with Crippen molar-refractivity contribution < 1.29 is 14.7 Å². The van der Waals surface area contributed by atoms with E-state index < -0.39 is 11.9 Å². The van der Waals surface area contributed by atoms with Gasteiger partial charge in [-0.25, -0.2) is 0 Å². The van der Waals surface area contributed by atoms with E-state index in [1.165, 1.54) is 11.3 Å². The fourth-order valence-electron chi connectivity index (χ4n) is 2.77. The first kappa shape index (κ1) is 15.1. The monoisotopic (exact) mass is 335 g/mol. The minimum atomic E-state index is -0.843. The Morgan fingerprint density at radius 2 is 2.05 bits per heavy atom. The van der Waals surface area contributed by atoms with Crippen LogP contribution in [-0.4, -0.2) is 23.5 Å². The fourth-order valence-corrected chi connectivity index (χ4v) is 3.85. The number of carbonyl (C=O) groups excluding carboxylic acids is 1. The standard InChI is InChI=1S/C16H14ClNO3S/c17-14-6-5-10(22-14)9-15(19)18-8-7-12(16(20)21)11-3-1-2-4-13(11)18/h1-6,12H,7-9H2,(H,20,21). The van der Waals surface area contributed by atoms with Crippen molar-refractivity contribution in [2.24, 2.45) is 0 Å². The molecule has 0 saturated carbocycles. The quantitative estimate of drug-likeness (QED) is 0.933. The third kappa shape index (κ3) is 2.87. The number of hydrogen-bond donors (Lipinski definition) is 1. The van der Waals surface area contributed by atoms with Crippen LogP contribution in [0.3, 0.4) is 0 Å². The maximum absolute atomic E-state index is 12.6. The summed E-state index contributed by atoms with van der Waals surface area (Å²) in [6, 6.07) is 10.9. The van der Waals surface area contributed by atoms with Crippen molar-refractivity contribution in [1.82, 2.24) is 0 Å². The van der Waals surface area contributed by atoms with E-state index in [-0.39, 0.29) is 12.3 Å². The van der Waals surface area contributed by atoms with Gasteiger partial charge in [0.25, 0.3) is 0 Å². The molecule has 1 amide bonds. The zero-order valence-electron chi connectivity index (χ0n) is 11.7. The zero-order valence-corrected chi connectivity index (χ0v) is 13.2. The maximum Gasteiger partial charge on any atom is 0.311 e. The van der Waals surface area contributed by atoms with Crippen LogP contribution in [0.1, 0.15) is 22.8 Å². The first-order valence-corrected chi connectivity index (χ1v) is 8.12. The highest BCUT2D eigenvalue weighted by Gasteiger charge is 2.32. The molecule has 0 saturated heterocycles. The number of carbonyl (C=O) groups is 2. The number of carboxylic acid groups (broad SMARTS) is 1. The molecule has 114 valence electrons. The van der Waals surface area contributed by atoms with Gasteiger partial charge in [0, 0.05) is 17.1 Å². The SMILES string of the molecule is O=C(O)C1CCN(C(=O)Cc2ccc(Cl)s2)c2ccccc21. The number of thiophene rings is 1. The molecule has 0 fully saturated rings. The molecule has 2 heterocycles. The number of carboxylic acids is 1. The summed E-state index contributed by atoms with van der Waals surface area (Å²) >= 11 is 7.28. The molecule has 1 aliphatic rings. The predicted octanol–water partition coefficient (Wildman–Crippen LogP) is 3.55. The van der Waals surface area contributed by atoms with Gasteiger partial charge < -0.3 is 10.0 Å². The van der Waals surface area contributed by atoms with Crippen molar-refractivity contribution in [3.8, 4) is 0 Å². The number of amides is 1. The number of rotatable bonds is 3. The third-order valence-corrected chi connectivity index (χ3v) is 5.03. The molecule has 2 aromatic rings. The summed E-state index contributed by atoms with van der Waals surface area (Å²) in [4.78, 5) is 26.5. The highest BCUT2D eigenvalue weighted by atomic mass is 35.5. The predicted molar refractivity (Wildman–Crippen MR) is 86.8 cm³/mol. The van der Waals surface area contributed by atoms with Gasteiger partial charge in [-0.15, -0.1) is 11.3 Å². The molecule has 1 aromatic heterocycles. The molecule has 0 aliphatic carbocycles. The Morgan fingerprint density at radius 3 is 2.73 bits per heavy atom. The van der Waals surface area contributed by atoms with Crippen LogP contribution in [0.25, 0.3) is 0 Å². The average Bonchev–Trinajstić information content (AvgIpc) is 2.90. The number of halogens is 1. The van der Waals surface area contributed by atoms with Gasteiger partial charge in [0.05, 0.1) is 16.7 Å². The van der Waals surface area contributed by atoms with Crippen LogP contribution in [0.5, 0.6) is 0 Å². The van der Waals surface area contributed by atoms with Crippen LogP contribution in [0.2, 0.25) is 4.34 Å². The van der Waals surface area contributed by atoms with Crippen molar-refractivity contribution in [2.45, 2.75) is 18.8 Å². The summed E-state index contributed by atoms with van der Waals surface area (Å²) in [5.41, 5.74) is 1.41. The lowest BCUT2D eigenvalue weighted by Gasteiger charge is -2.32. The van der Waals surface area contributed by atoms with Gasteiger partial charge >= 0.3 is 5.97 Å². The van der Waals surface area contributed by atoms with Gasteiger partial charge in [-0.1, -0.05) is 29.8 Å². The molecule has 1 atom stereocenters. The third-order valence-electron chi connectivity index (χ3n) is 3.80.